The monoisotopic (exact) mass is 306 g/mol. The lowest BCUT2D eigenvalue weighted by Gasteiger charge is -2.35. The maximum atomic E-state index is 12.6. The van der Waals surface area contributed by atoms with Crippen LogP contribution in [0.2, 0.25) is 0 Å². The number of hydrogen-bond acceptors (Lipinski definition) is 4. The van der Waals surface area contributed by atoms with E-state index in [-0.39, 0.29) is 11.2 Å². The number of fused-ring (bicyclic) bond motifs is 1. The lowest BCUT2D eigenvalue weighted by molar-refractivity contribution is 0.0592. The molecule has 4 heteroatoms. The van der Waals surface area contributed by atoms with Gasteiger partial charge in [0.2, 0.25) is 5.75 Å². The number of carbonyl (C=O) groups excluding carboxylic acids is 1. The van der Waals surface area contributed by atoms with Crippen LogP contribution in [0, 0.1) is 0 Å². The molecule has 0 N–H and O–H groups in total. The average molecular weight is 306 g/mol. The molecule has 1 heterocycles. The normalized spacial score (nSPS) is 16.8. The van der Waals surface area contributed by atoms with Gasteiger partial charge >= 0.3 is 0 Å². The fourth-order valence-electron chi connectivity index (χ4n) is 2.76. The van der Waals surface area contributed by atoms with Gasteiger partial charge in [0.15, 0.2) is 17.3 Å². The Morgan fingerprint density at radius 2 is 1.91 bits per heavy atom. The number of carbonyl (C=O) groups is 1. The first-order valence-corrected chi connectivity index (χ1v) is 7.71. The van der Waals surface area contributed by atoms with Crippen molar-refractivity contribution < 1.29 is 19.0 Å². The number of ether oxygens (including phenoxy) is 3. The lowest BCUT2D eigenvalue weighted by Crippen LogP contribution is -2.36. The van der Waals surface area contributed by atoms with Crippen LogP contribution in [0.3, 0.4) is 0 Å². The molecule has 0 saturated heterocycles. The fourth-order valence-corrected chi connectivity index (χ4v) is 2.76. The molecular weight excluding hydrogens is 280 g/mol. The zero-order valence-corrected chi connectivity index (χ0v) is 14.6. The van der Waals surface area contributed by atoms with Crippen LogP contribution in [-0.4, -0.2) is 25.1 Å². The van der Waals surface area contributed by atoms with Crippen LogP contribution in [0.15, 0.2) is 6.07 Å². The molecule has 4 nitrogen and oxygen atoms in total. The van der Waals surface area contributed by atoms with Crippen LogP contribution in [0.25, 0.3) is 0 Å². The molecular formula is C18H26O4. The van der Waals surface area contributed by atoms with Gasteiger partial charge in [-0.3, -0.25) is 4.79 Å². The molecule has 0 fully saturated rings. The minimum absolute atomic E-state index is 0.0837. The predicted molar refractivity (Wildman–Crippen MR) is 86.5 cm³/mol. The van der Waals surface area contributed by atoms with Gasteiger partial charge in [-0.05, 0) is 32.3 Å². The van der Waals surface area contributed by atoms with Gasteiger partial charge in [-0.15, -0.1) is 0 Å². The minimum Gasteiger partial charge on any atom is -0.492 e. The van der Waals surface area contributed by atoms with Gasteiger partial charge in [0.1, 0.15) is 5.60 Å². The fraction of sp³-hybridized carbons (Fsp3) is 0.611. The maximum Gasteiger partial charge on any atom is 0.204 e. The molecule has 1 aromatic carbocycles. The van der Waals surface area contributed by atoms with E-state index in [1.54, 1.807) is 7.11 Å². The maximum absolute atomic E-state index is 12.6. The molecule has 1 aliphatic heterocycles. The second kappa shape index (κ2) is 5.49. The van der Waals surface area contributed by atoms with Gasteiger partial charge in [-0.2, -0.15) is 0 Å². The Morgan fingerprint density at radius 1 is 1.27 bits per heavy atom. The second-order valence-corrected chi connectivity index (χ2v) is 7.31. The van der Waals surface area contributed by atoms with Gasteiger partial charge in [0.05, 0.1) is 25.7 Å². The van der Waals surface area contributed by atoms with Crippen molar-refractivity contribution in [3.8, 4) is 17.2 Å². The summed E-state index contributed by atoms with van der Waals surface area (Å²) >= 11 is 0. The summed E-state index contributed by atoms with van der Waals surface area (Å²) < 4.78 is 17.5. The molecule has 0 amide bonds. The van der Waals surface area contributed by atoms with Crippen molar-refractivity contribution in [1.29, 1.82) is 0 Å². The van der Waals surface area contributed by atoms with Crippen LogP contribution in [0.1, 0.15) is 63.9 Å². The topological polar surface area (TPSA) is 44.8 Å². The Morgan fingerprint density at radius 3 is 2.41 bits per heavy atom. The zero-order valence-electron chi connectivity index (χ0n) is 14.6. The molecule has 0 aromatic heterocycles. The van der Waals surface area contributed by atoms with Crippen LogP contribution >= 0.6 is 0 Å². The van der Waals surface area contributed by atoms with E-state index in [4.69, 9.17) is 14.2 Å². The number of methoxy groups -OCH3 is 1. The number of ketones is 1. The summed E-state index contributed by atoms with van der Waals surface area (Å²) in [5, 5.41) is 0. The molecule has 0 saturated carbocycles. The molecule has 0 unspecified atom stereocenters. The zero-order chi connectivity index (χ0) is 16.7. The first kappa shape index (κ1) is 16.7. The summed E-state index contributed by atoms with van der Waals surface area (Å²) in [4.78, 5) is 12.6. The molecule has 1 aromatic rings. The average Bonchev–Trinajstić information content (AvgIpc) is 2.37. The number of benzene rings is 1. The van der Waals surface area contributed by atoms with E-state index in [2.05, 4.69) is 20.8 Å². The second-order valence-electron chi connectivity index (χ2n) is 7.31. The van der Waals surface area contributed by atoms with Crippen LogP contribution < -0.4 is 14.2 Å². The number of rotatable bonds is 3. The molecule has 0 spiro atoms. The SMILES string of the molecule is CCOc1c2c(cc(C(C)(C)C)c1OC)C(=O)CC(C)(C)O2. The Balaban J connectivity index is 2.78. The van der Waals surface area contributed by atoms with E-state index >= 15 is 0 Å². The van der Waals surface area contributed by atoms with Crippen molar-refractivity contribution in [3.63, 3.8) is 0 Å². The van der Waals surface area contributed by atoms with E-state index in [9.17, 15) is 4.79 Å². The third-order valence-corrected chi connectivity index (χ3v) is 3.76. The van der Waals surface area contributed by atoms with E-state index in [0.29, 0.717) is 35.8 Å². The summed E-state index contributed by atoms with van der Waals surface area (Å²) in [5.74, 6) is 1.78. The Kier molecular flexibility index (Phi) is 4.16. The van der Waals surface area contributed by atoms with E-state index < -0.39 is 5.60 Å². The largest absolute Gasteiger partial charge is 0.492 e. The highest BCUT2D eigenvalue weighted by atomic mass is 16.5. The number of Topliss-reactive ketones (excluding diaryl/α,β-unsaturated/α-hetero) is 1. The van der Waals surface area contributed by atoms with Gasteiger partial charge < -0.3 is 14.2 Å². The van der Waals surface area contributed by atoms with Crippen LogP contribution in [0.5, 0.6) is 17.2 Å². The minimum atomic E-state index is -0.538. The van der Waals surface area contributed by atoms with Crippen LogP contribution in [-0.2, 0) is 5.41 Å². The van der Waals surface area contributed by atoms with E-state index in [0.717, 1.165) is 5.56 Å². The first-order chi connectivity index (χ1) is 10.1. The lowest BCUT2D eigenvalue weighted by atomic mass is 9.82. The Hall–Kier alpha value is -1.71. The molecule has 22 heavy (non-hydrogen) atoms. The smallest absolute Gasteiger partial charge is 0.204 e. The molecule has 0 atom stereocenters. The van der Waals surface area contributed by atoms with Crippen LogP contribution in [0.4, 0.5) is 0 Å². The van der Waals surface area contributed by atoms with Gasteiger partial charge in [-0.25, -0.2) is 0 Å². The molecule has 0 bridgehead atoms. The highest BCUT2D eigenvalue weighted by Crippen LogP contribution is 2.50. The van der Waals surface area contributed by atoms with E-state index in [1.807, 2.05) is 26.8 Å². The Labute approximate surface area is 132 Å². The third-order valence-electron chi connectivity index (χ3n) is 3.76. The summed E-state index contributed by atoms with van der Waals surface area (Å²) in [6, 6.07) is 1.90. The van der Waals surface area contributed by atoms with Gasteiger partial charge in [-0.1, -0.05) is 20.8 Å². The highest BCUT2D eigenvalue weighted by molar-refractivity contribution is 6.02. The number of hydrogen-bond donors (Lipinski definition) is 0. The molecule has 1 aliphatic rings. The van der Waals surface area contributed by atoms with Gasteiger partial charge in [0.25, 0.3) is 0 Å². The van der Waals surface area contributed by atoms with Crippen molar-refractivity contribution >= 4 is 5.78 Å². The van der Waals surface area contributed by atoms with E-state index in [1.165, 1.54) is 0 Å². The Bertz CT molecular complexity index is 594. The quantitative estimate of drug-likeness (QED) is 0.842. The summed E-state index contributed by atoms with van der Waals surface area (Å²) in [6.07, 6.45) is 0.363. The van der Waals surface area contributed by atoms with Crippen molar-refractivity contribution in [2.45, 2.75) is 59.0 Å². The molecule has 122 valence electrons. The van der Waals surface area contributed by atoms with Gasteiger partial charge in [0, 0.05) is 5.56 Å². The summed E-state index contributed by atoms with van der Waals surface area (Å²) in [5.41, 5.74) is 0.839. The van der Waals surface area contributed by atoms with Crippen molar-refractivity contribution in [2.24, 2.45) is 0 Å². The predicted octanol–water partition coefficient (Wildman–Crippen LogP) is 4.14. The molecule has 0 radical (unpaired) electrons. The van der Waals surface area contributed by atoms with Crippen molar-refractivity contribution in [2.75, 3.05) is 13.7 Å². The molecule has 0 aliphatic carbocycles. The van der Waals surface area contributed by atoms with Crippen molar-refractivity contribution in [3.05, 3.63) is 17.2 Å². The summed E-state index contributed by atoms with van der Waals surface area (Å²) in [7, 11) is 1.62. The standard InChI is InChI=1S/C18H26O4/c1-8-21-16-14-11(13(19)10-18(5,6)22-14)9-12(15(16)20-7)17(2,3)4/h9H,8,10H2,1-7H3. The highest BCUT2D eigenvalue weighted by Gasteiger charge is 2.38. The third kappa shape index (κ3) is 2.92. The molecule has 2 rings (SSSR count). The summed E-state index contributed by atoms with van der Waals surface area (Å²) in [6.45, 7) is 12.5. The van der Waals surface area contributed by atoms with Crippen molar-refractivity contribution in [1.82, 2.24) is 0 Å². The first-order valence-electron chi connectivity index (χ1n) is 7.71.